The summed E-state index contributed by atoms with van der Waals surface area (Å²) in [5.74, 6) is -0.556. The van der Waals surface area contributed by atoms with Crippen LogP contribution in [-0.4, -0.2) is 36.4 Å². The molecule has 2 atom stereocenters. The van der Waals surface area contributed by atoms with Gasteiger partial charge >= 0.3 is 5.97 Å². The molecule has 2 aliphatic rings. The van der Waals surface area contributed by atoms with Crippen molar-refractivity contribution in [2.75, 3.05) is 14.2 Å². The van der Waals surface area contributed by atoms with Crippen LogP contribution in [0, 0.1) is 5.92 Å². The molecule has 1 fully saturated rings. The second-order valence-corrected chi connectivity index (χ2v) is 4.65. The van der Waals surface area contributed by atoms with Crippen molar-refractivity contribution in [2.45, 2.75) is 18.7 Å². The Hall–Kier alpha value is -1.17. The summed E-state index contributed by atoms with van der Waals surface area (Å²) in [5.41, 5.74) is 0.245. The number of β-lactam (4-membered cyclic amide) rings is 1. The Morgan fingerprint density at radius 1 is 1.50 bits per heavy atom. The summed E-state index contributed by atoms with van der Waals surface area (Å²) in [6, 6.07) is 0. The number of amides is 1. The largest absolute Gasteiger partial charge is 0.488 e. The molecule has 0 aromatic heterocycles. The van der Waals surface area contributed by atoms with Gasteiger partial charge in [0.2, 0.25) is 5.91 Å². The molecule has 2 rings (SSSR count). The highest BCUT2D eigenvalue weighted by Crippen LogP contribution is 2.50. The molecule has 0 aromatic rings. The third-order valence-corrected chi connectivity index (χ3v) is 4.17. The molecular formula is C10H13NO4S. The van der Waals surface area contributed by atoms with E-state index in [-0.39, 0.29) is 22.9 Å². The maximum absolute atomic E-state index is 11.8. The second kappa shape index (κ2) is 4.01. The van der Waals surface area contributed by atoms with E-state index in [1.165, 1.54) is 30.9 Å². The van der Waals surface area contributed by atoms with E-state index in [0.29, 0.717) is 5.09 Å². The third kappa shape index (κ3) is 1.32. The number of nitrogens with zero attached hydrogens (tertiary/aromatic N) is 1. The van der Waals surface area contributed by atoms with Crippen molar-refractivity contribution < 1.29 is 19.1 Å². The zero-order valence-corrected chi connectivity index (χ0v) is 10.2. The lowest BCUT2D eigenvalue weighted by Gasteiger charge is -2.41. The van der Waals surface area contributed by atoms with Crippen molar-refractivity contribution in [2.24, 2.45) is 5.92 Å². The van der Waals surface area contributed by atoms with Gasteiger partial charge in [0.15, 0.2) is 10.8 Å². The summed E-state index contributed by atoms with van der Waals surface area (Å²) in [6.07, 6.45) is 0.776. The fourth-order valence-electron chi connectivity index (χ4n) is 1.96. The average Bonchev–Trinajstić information content (AvgIpc) is 2.63. The minimum atomic E-state index is -0.519. The topological polar surface area (TPSA) is 55.8 Å². The van der Waals surface area contributed by atoms with Crippen LogP contribution in [-0.2, 0) is 19.1 Å². The van der Waals surface area contributed by atoms with Crippen LogP contribution >= 0.6 is 11.8 Å². The Morgan fingerprint density at radius 3 is 2.69 bits per heavy atom. The molecular weight excluding hydrogens is 230 g/mol. The van der Waals surface area contributed by atoms with E-state index < -0.39 is 5.97 Å². The summed E-state index contributed by atoms with van der Waals surface area (Å²) >= 11 is 1.41. The molecule has 16 heavy (non-hydrogen) atoms. The minimum absolute atomic E-state index is 0.00144. The predicted octanol–water partition coefficient (Wildman–Crippen LogP) is 0.916. The highest BCUT2D eigenvalue weighted by atomic mass is 32.2. The Bertz CT molecular complexity index is 379. The molecule has 1 amide bonds. The standard InChI is InChI=1S/C10H13NO4S/c1-4-5-7(12)11-6(9(13)14-2)10(15-3)16-8(5)11/h5,8H,4H2,1-3H3/t5-,8+/m0/s1. The zero-order valence-electron chi connectivity index (χ0n) is 9.35. The molecule has 6 heteroatoms. The first-order chi connectivity index (χ1) is 7.65. The van der Waals surface area contributed by atoms with Gasteiger partial charge in [0, 0.05) is 0 Å². The second-order valence-electron chi connectivity index (χ2n) is 3.56. The number of carbonyl (C=O) groups excluding carboxylic acids is 2. The predicted molar refractivity (Wildman–Crippen MR) is 58.1 cm³/mol. The quantitative estimate of drug-likeness (QED) is 0.545. The Labute approximate surface area is 97.8 Å². The van der Waals surface area contributed by atoms with Crippen LogP contribution in [0.4, 0.5) is 0 Å². The number of fused-ring (bicyclic) bond motifs is 1. The molecule has 0 unspecified atom stereocenters. The Morgan fingerprint density at radius 2 is 2.19 bits per heavy atom. The maximum atomic E-state index is 11.8. The van der Waals surface area contributed by atoms with E-state index in [9.17, 15) is 9.59 Å². The Kier molecular flexibility index (Phi) is 2.84. The first-order valence-electron chi connectivity index (χ1n) is 5.02. The summed E-state index contributed by atoms with van der Waals surface area (Å²) in [6.45, 7) is 1.96. The fraction of sp³-hybridized carbons (Fsp3) is 0.600. The van der Waals surface area contributed by atoms with E-state index in [1.807, 2.05) is 6.92 Å². The molecule has 5 nitrogen and oxygen atoms in total. The summed E-state index contributed by atoms with van der Waals surface area (Å²) in [4.78, 5) is 24.8. The number of rotatable bonds is 3. The van der Waals surface area contributed by atoms with Crippen molar-refractivity contribution in [3.8, 4) is 0 Å². The van der Waals surface area contributed by atoms with Crippen LogP contribution in [0.2, 0.25) is 0 Å². The molecule has 0 bridgehead atoms. The van der Waals surface area contributed by atoms with Crippen molar-refractivity contribution in [3.63, 3.8) is 0 Å². The normalized spacial score (nSPS) is 27.7. The fourth-order valence-corrected chi connectivity index (χ4v) is 3.36. The van der Waals surface area contributed by atoms with Crippen molar-refractivity contribution in [1.29, 1.82) is 0 Å². The van der Waals surface area contributed by atoms with Crippen LogP contribution in [0.15, 0.2) is 10.8 Å². The average molecular weight is 243 g/mol. The highest BCUT2D eigenvalue weighted by molar-refractivity contribution is 8.03. The van der Waals surface area contributed by atoms with Crippen LogP contribution in [0.3, 0.4) is 0 Å². The summed E-state index contributed by atoms with van der Waals surface area (Å²) in [7, 11) is 2.78. The lowest BCUT2D eigenvalue weighted by atomic mass is 9.95. The molecule has 0 spiro atoms. The number of methoxy groups -OCH3 is 2. The number of ether oxygens (including phenoxy) is 2. The first-order valence-corrected chi connectivity index (χ1v) is 5.90. The van der Waals surface area contributed by atoms with Gasteiger partial charge in [0.05, 0.1) is 20.1 Å². The smallest absolute Gasteiger partial charge is 0.359 e. The number of esters is 1. The van der Waals surface area contributed by atoms with Gasteiger partial charge in [0.25, 0.3) is 0 Å². The molecule has 2 aliphatic heterocycles. The van der Waals surface area contributed by atoms with E-state index in [4.69, 9.17) is 4.74 Å². The molecule has 88 valence electrons. The van der Waals surface area contributed by atoms with Crippen molar-refractivity contribution in [1.82, 2.24) is 4.90 Å². The van der Waals surface area contributed by atoms with Crippen LogP contribution < -0.4 is 0 Å². The molecule has 1 saturated heterocycles. The SMILES string of the molecule is CC[C@H]1C(=O)N2C(C(=O)OC)=C(OC)S[C@H]12. The third-order valence-electron chi connectivity index (χ3n) is 2.82. The molecule has 0 saturated carbocycles. The number of hydrogen-bond donors (Lipinski definition) is 0. The van der Waals surface area contributed by atoms with Gasteiger partial charge in [-0.1, -0.05) is 18.7 Å². The number of carbonyl (C=O) groups is 2. The molecule has 0 aromatic carbocycles. The molecule has 0 aliphatic carbocycles. The number of hydrogen-bond acceptors (Lipinski definition) is 5. The molecule has 0 radical (unpaired) electrons. The monoisotopic (exact) mass is 243 g/mol. The van der Waals surface area contributed by atoms with Crippen LogP contribution in [0.25, 0.3) is 0 Å². The van der Waals surface area contributed by atoms with E-state index >= 15 is 0 Å². The first kappa shape index (κ1) is 11.3. The molecule has 0 N–H and O–H groups in total. The van der Waals surface area contributed by atoms with Gasteiger partial charge in [-0.15, -0.1) is 0 Å². The van der Waals surface area contributed by atoms with E-state index in [1.54, 1.807) is 0 Å². The lowest BCUT2D eigenvalue weighted by molar-refractivity contribution is -0.152. The Balaban J connectivity index is 2.28. The van der Waals surface area contributed by atoms with Gasteiger partial charge < -0.3 is 9.47 Å². The zero-order chi connectivity index (χ0) is 11.9. The minimum Gasteiger partial charge on any atom is -0.488 e. The summed E-state index contributed by atoms with van der Waals surface area (Å²) < 4.78 is 9.77. The van der Waals surface area contributed by atoms with Gasteiger partial charge in [0.1, 0.15) is 5.37 Å². The van der Waals surface area contributed by atoms with Crippen molar-refractivity contribution >= 4 is 23.6 Å². The van der Waals surface area contributed by atoms with Gasteiger partial charge in [-0.05, 0) is 6.42 Å². The van der Waals surface area contributed by atoms with Crippen molar-refractivity contribution in [3.05, 3.63) is 10.8 Å². The summed E-state index contributed by atoms with van der Waals surface area (Å²) in [5, 5.41) is 0.475. The van der Waals surface area contributed by atoms with Crippen LogP contribution in [0.5, 0.6) is 0 Å². The lowest BCUT2D eigenvalue weighted by Crippen LogP contribution is -2.57. The van der Waals surface area contributed by atoms with Gasteiger partial charge in [-0.2, -0.15) is 0 Å². The highest BCUT2D eigenvalue weighted by Gasteiger charge is 2.56. The van der Waals surface area contributed by atoms with E-state index in [0.717, 1.165) is 6.42 Å². The number of thioether (sulfide) groups is 1. The van der Waals surface area contributed by atoms with Crippen LogP contribution in [0.1, 0.15) is 13.3 Å². The van der Waals surface area contributed by atoms with E-state index in [2.05, 4.69) is 4.74 Å². The maximum Gasteiger partial charge on any atom is 0.359 e. The van der Waals surface area contributed by atoms with Gasteiger partial charge in [-0.25, -0.2) is 4.79 Å². The molecule has 2 heterocycles. The van der Waals surface area contributed by atoms with Gasteiger partial charge in [-0.3, -0.25) is 9.69 Å².